The van der Waals surface area contributed by atoms with E-state index in [1.165, 1.54) is 12.1 Å². The second-order valence-corrected chi connectivity index (χ2v) is 7.93. The molecule has 2 aromatic rings. The number of benzene rings is 1. The molecule has 8 heteroatoms. The molecule has 0 spiro atoms. The fourth-order valence-electron chi connectivity index (χ4n) is 3.22. The molecule has 0 fully saturated rings. The molecule has 0 aliphatic carbocycles. The summed E-state index contributed by atoms with van der Waals surface area (Å²) in [5.41, 5.74) is 2.05. The van der Waals surface area contributed by atoms with Crippen molar-refractivity contribution in [3.8, 4) is 0 Å². The Morgan fingerprint density at radius 3 is 2.52 bits per heavy atom. The van der Waals surface area contributed by atoms with Crippen molar-refractivity contribution in [2.24, 2.45) is 0 Å². The summed E-state index contributed by atoms with van der Waals surface area (Å²) in [6, 6.07) is 6.10. The summed E-state index contributed by atoms with van der Waals surface area (Å²) < 4.78 is 25.5. The van der Waals surface area contributed by atoms with Gasteiger partial charge >= 0.3 is 12.1 Å². The van der Waals surface area contributed by atoms with E-state index in [2.05, 4.69) is 5.10 Å². The van der Waals surface area contributed by atoms with E-state index in [1.807, 2.05) is 20.8 Å². The molecule has 3 rings (SSSR count). The van der Waals surface area contributed by atoms with Crippen molar-refractivity contribution in [3.05, 3.63) is 52.6 Å². The van der Waals surface area contributed by atoms with Crippen LogP contribution in [0.15, 0.2) is 24.3 Å². The lowest BCUT2D eigenvalue weighted by molar-refractivity contribution is 0.0219. The number of aromatic nitrogens is 2. The molecule has 29 heavy (non-hydrogen) atoms. The molecule has 7 nitrogen and oxygen atoms in total. The normalized spacial score (nSPS) is 13.8. The molecule has 0 bridgehead atoms. The van der Waals surface area contributed by atoms with E-state index in [1.54, 1.807) is 28.6 Å². The maximum absolute atomic E-state index is 13.2. The van der Waals surface area contributed by atoms with Gasteiger partial charge in [-0.05, 0) is 51.8 Å². The molecule has 156 valence electrons. The second-order valence-electron chi connectivity index (χ2n) is 7.93. The minimum absolute atomic E-state index is 0.252. The van der Waals surface area contributed by atoms with Crippen molar-refractivity contribution < 1.29 is 23.5 Å². The summed E-state index contributed by atoms with van der Waals surface area (Å²) in [6.07, 6.45) is 0.0712. The molecule has 2 heterocycles. The van der Waals surface area contributed by atoms with Crippen LogP contribution in [0.5, 0.6) is 0 Å². The predicted octanol–water partition coefficient (Wildman–Crippen LogP) is 3.54. The van der Waals surface area contributed by atoms with Gasteiger partial charge in [-0.15, -0.1) is 0 Å². The first-order valence-electron chi connectivity index (χ1n) is 9.66. The van der Waals surface area contributed by atoms with Crippen LogP contribution in [-0.2, 0) is 29.0 Å². The van der Waals surface area contributed by atoms with Crippen LogP contribution in [-0.4, -0.2) is 45.5 Å². The third-order valence-corrected chi connectivity index (χ3v) is 4.50. The molecule has 0 saturated carbocycles. The van der Waals surface area contributed by atoms with Crippen LogP contribution in [0.25, 0.3) is 0 Å². The Balaban J connectivity index is 1.91. The van der Waals surface area contributed by atoms with Crippen LogP contribution in [0.4, 0.5) is 9.18 Å². The van der Waals surface area contributed by atoms with Gasteiger partial charge in [-0.25, -0.2) is 14.0 Å². The molecule has 0 unspecified atom stereocenters. The smallest absolute Gasteiger partial charge is 0.410 e. The van der Waals surface area contributed by atoms with Gasteiger partial charge in [-0.2, -0.15) is 5.10 Å². The van der Waals surface area contributed by atoms with Crippen LogP contribution in [0.1, 0.15) is 55.0 Å². The minimum Gasteiger partial charge on any atom is -0.461 e. The van der Waals surface area contributed by atoms with Gasteiger partial charge in [0.05, 0.1) is 25.4 Å². The first-order valence-corrected chi connectivity index (χ1v) is 9.66. The first-order chi connectivity index (χ1) is 13.7. The molecule has 0 saturated heterocycles. The van der Waals surface area contributed by atoms with Crippen molar-refractivity contribution in [1.82, 2.24) is 14.7 Å². The number of amides is 1. The van der Waals surface area contributed by atoms with E-state index in [0.29, 0.717) is 19.5 Å². The average molecular weight is 403 g/mol. The van der Waals surface area contributed by atoms with Gasteiger partial charge in [0.2, 0.25) is 0 Å². The highest BCUT2D eigenvalue weighted by Crippen LogP contribution is 2.25. The largest absolute Gasteiger partial charge is 0.461 e. The molecule has 1 aromatic carbocycles. The Morgan fingerprint density at radius 1 is 1.21 bits per heavy atom. The van der Waals surface area contributed by atoms with Crippen molar-refractivity contribution in [2.45, 2.75) is 52.8 Å². The summed E-state index contributed by atoms with van der Waals surface area (Å²) in [4.78, 5) is 26.5. The summed E-state index contributed by atoms with van der Waals surface area (Å²) in [5, 5.41) is 4.47. The summed E-state index contributed by atoms with van der Waals surface area (Å²) in [7, 11) is 0. The highest BCUT2D eigenvalue weighted by Gasteiger charge is 2.32. The quantitative estimate of drug-likeness (QED) is 0.730. The van der Waals surface area contributed by atoms with E-state index in [-0.39, 0.29) is 24.7 Å². The van der Waals surface area contributed by atoms with Crippen molar-refractivity contribution in [1.29, 1.82) is 0 Å². The number of nitrogens with zero attached hydrogens (tertiary/aromatic N) is 3. The molecule has 0 radical (unpaired) electrons. The lowest BCUT2D eigenvalue weighted by Gasteiger charge is -2.30. The maximum Gasteiger partial charge on any atom is 0.410 e. The Bertz CT molecular complexity index is 900. The number of hydrogen-bond donors (Lipinski definition) is 0. The molecule has 1 amide bonds. The zero-order valence-electron chi connectivity index (χ0n) is 17.2. The lowest BCUT2D eigenvalue weighted by atomic mass is 10.0. The molecule has 0 atom stereocenters. The van der Waals surface area contributed by atoms with Gasteiger partial charge in [-0.3, -0.25) is 4.68 Å². The zero-order valence-corrected chi connectivity index (χ0v) is 17.2. The molecule has 1 aromatic heterocycles. The standard InChI is InChI=1S/C21H26FN3O4/c1-5-28-19(26)18-16-10-11-24(20(27)29-21(2,3)4)13-17(16)25(23-18)12-14-6-8-15(22)9-7-14/h6-9H,5,10-13H2,1-4H3. The monoisotopic (exact) mass is 403 g/mol. The van der Waals surface area contributed by atoms with E-state index in [9.17, 15) is 14.0 Å². The zero-order chi connectivity index (χ0) is 21.2. The van der Waals surface area contributed by atoms with Crippen molar-refractivity contribution in [3.63, 3.8) is 0 Å². The number of halogens is 1. The topological polar surface area (TPSA) is 73.7 Å². The number of hydrogen-bond acceptors (Lipinski definition) is 5. The van der Waals surface area contributed by atoms with Crippen LogP contribution in [0, 0.1) is 5.82 Å². The highest BCUT2D eigenvalue weighted by atomic mass is 19.1. The molecular formula is C21H26FN3O4. The van der Waals surface area contributed by atoms with E-state index < -0.39 is 17.7 Å². The van der Waals surface area contributed by atoms with Gasteiger partial charge in [0, 0.05) is 12.1 Å². The van der Waals surface area contributed by atoms with Crippen molar-refractivity contribution in [2.75, 3.05) is 13.2 Å². The highest BCUT2D eigenvalue weighted by molar-refractivity contribution is 5.89. The first kappa shape index (κ1) is 20.8. The molecule has 1 aliphatic rings. The van der Waals surface area contributed by atoms with Gasteiger partial charge in [0.25, 0.3) is 0 Å². The number of esters is 1. The fourth-order valence-corrected chi connectivity index (χ4v) is 3.22. The van der Waals surface area contributed by atoms with Gasteiger partial charge in [0.1, 0.15) is 11.4 Å². The van der Waals surface area contributed by atoms with Gasteiger partial charge < -0.3 is 14.4 Å². The second kappa shape index (κ2) is 8.23. The predicted molar refractivity (Wildman–Crippen MR) is 104 cm³/mol. The lowest BCUT2D eigenvalue weighted by Crippen LogP contribution is -2.40. The Kier molecular flexibility index (Phi) is 5.91. The molecule has 0 N–H and O–H groups in total. The van der Waals surface area contributed by atoms with E-state index in [0.717, 1.165) is 16.8 Å². The summed E-state index contributed by atoms with van der Waals surface area (Å²) in [6.45, 7) is 8.50. The SMILES string of the molecule is CCOC(=O)c1nn(Cc2ccc(F)cc2)c2c1CCN(C(=O)OC(C)(C)C)C2. The average Bonchev–Trinajstić information content (AvgIpc) is 3.00. The number of rotatable bonds is 4. The van der Waals surface area contributed by atoms with Gasteiger partial charge in [0.15, 0.2) is 5.69 Å². The summed E-state index contributed by atoms with van der Waals surface area (Å²) >= 11 is 0. The summed E-state index contributed by atoms with van der Waals surface area (Å²) in [5.74, 6) is -0.799. The van der Waals surface area contributed by atoms with Crippen LogP contribution in [0.2, 0.25) is 0 Å². The van der Waals surface area contributed by atoms with Crippen molar-refractivity contribution >= 4 is 12.1 Å². The Labute approximate surface area is 169 Å². The maximum atomic E-state index is 13.2. The molecular weight excluding hydrogens is 377 g/mol. The Morgan fingerprint density at radius 2 is 1.90 bits per heavy atom. The number of ether oxygens (including phenoxy) is 2. The van der Waals surface area contributed by atoms with Crippen LogP contribution in [0.3, 0.4) is 0 Å². The third kappa shape index (κ3) is 4.93. The fraction of sp³-hybridized carbons (Fsp3) is 0.476. The number of carbonyl (C=O) groups excluding carboxylic acids is 2. The number of fused-ring (bicyclic) bond motifs is 1. The number of carbonyl (C=O) groups is 2. The molecule has 1 aliphatic heterocycles. The minimum atomic E-state index is -0.595. The van der Waals surface area contributed by atoms with Crippen LogP contribution >= 0.6 is 0 Å². The van der Waals surface area contributed by atoms with Gasteiger partial charge in [-0.1, -0.05) is 12.1 Å². The van der Waals surface area contributed by atoms with E-state index >= 15 is 0 Å². The Hall–Kier alpha value is -2.90. The third-order valence-electron chi connectivity index (χ3n) is 4.50. The van der Waals surface area contributed by atoms with Crippen LogP contribution < -0.4 is 0 Å². The van der Waals surface area contributed by atoms with E-state index in [4.69, 9.17) is 9.47 Å².